The van der Waals surface area contributed by atoms with Gasteiger partial charge in [0.15, 0.2) is 0 Å². The number of thiocarbonyl (C=S) groups is 1. The van der Waals surface area contributed by atoms with Crippen LogP contribution in [0.4, 0.5) is 0 Å². The molecule has 3 nitrogen and oxygen atoms in total. The summed E-state index contributed by atoms with van der Waals surface area (Å²) in [4.78, 5) is 10.7. The smallest absolute Gasteiger partial charge is 0.342 e. The highest BCUT2D eigenvalue weighted by Gasteiger charge is 2.05. The third-order valence-electron chi connectivity index (χ3n) is 0.777. The highest BCUT2D eigenvalue weighted by Crippen LogP contribution is 1.92. The van der Waals surface area contributed by atoms with Crippen LogP contribution in [0, 0.1) is 0 Å². The zero-order chi connectivity index (χ0) is 7.98. The number of aliphatic hydroxyl groups is 1. The van der Waals surface area contributed by atoms with E-state index in [1.807, 2.05) is 0 Å². The van der Waals surface area contributed by atoms with Crippen LogP contribution in [0.3, 0.4) is 0 Å². The summed E-state index contributed by atoms with van der Waals surface area (Å²) in [5.41, 5.74) is -0.00292. The van der Waals surface area contributed by atoms with E-state index in [-0.39, 0.29) is 12.2 Å². The largest absolute Gasteiger partial charge is 0.515 e. The maximum Gasteiger partial charge on any atom is 0.342 e. The number of esters is 1. The molecule has 0 unspecified atom stereocenters. The molecule has 0 saturated carbocycles. The first-order valence-electron chi connectivity index (χ1n) is 2.73. The first-order valence-corrected chi connectivity index (χ1v) is 3.20. The average molecular weight is 160 g/mol. The van der Waals surface area contributed by atoms with Gasteiger partial charge >= 0.3 is 5.97 Å². The summed E-state index contributed by atoms with van der Waals surface area (Å²) in [7, 11) is 0. The van der Waals surface area contributed by atoms with E-state index in [9.17, 15) is 4.79 Å². The lowest BCUT2D eigenvalue weighted by atomic mass is 10.3. The fourth-order valence-corrected chi connectivity index (χ4v) is 0.503. The Labute approximate surface area is 64.3 Å². The summed E-state index contributed by atoms with van der Waals surface area (Å²) in [5.74, 6) is -0.597. The minimum Gasteiger partial charge on any atom is -0.515 e. The van der Waals surface area contributed by atoms with Gasteiger partial charge in [-0.15, -0.1) is 0 Å². The van der Waals surface area contributed by atoms with Crippen LogP contribution in [-0.4, -0.2) is 23.1 Å². The fraction of sp³-hybridized carbons (Fsp3) is 0.333. The number of hydrogen-bond acceptors (Lipinski definition) is 4. The van der Waals surface area contributed by atoms with Gasteiger partial charge in [-0.2, -0.15) is 0 Å². The second-order valence-corrected chi connectivity index (χ2v) is 1.66. The molecule has 0 saturated heterocycles. The van der Waals surface area contributed by atoms with Crippen LogP contribution >= 0.6 is 12.2 Å². The molecular formula is C6H8O3S. The van der Waals surface area contributed by atoms with Crippen molar-refractivity contribution in [2.75, 3.05) is 6.61 Å². The SMILES string of the molecule is CCOC(=O)C(C=S)=CO. The number of aliphatic hydroxyl groups excluding tert-OH is 1. The van der Waals surface area contributed by atoms with Crippen LogP contribution in [0.5, 0.6) is 0 Å². The Morgan fingerprint density at radius 3 is 2.70 bits per heavy atom. The summed E-state index contributed by atoms with van der Waals surface area (Å²) >= 11 is 4.41. The molecule has 56 valence electrons. The number of carbonyl (C=O) groups excluding carboxylic acids is 1. The summed E-state index contributed by atoms with van der Waals surface area (Å²) in [6.45, 7) is 1.95. The van der Waals surface area contributed by atoms with E-state index < -0.39 is 5.97 Å². The predicted molar refractivity (Wildman–Crippen MR) is 41.0 cm³/mol. The van der Waals surface area contributed by atoms with E-state index in [0.717, 1.165) is 5.37 Å². The van der Waals surface area contributed by atoms with Gasteiger partial charge in [0.1, 0.15) is 5.57 Å². The van der Waals surface area contributed by atoms with Crippen molar-refractivity contribution < 1.29 is 14.6 Å². The van der Waals surface area contributed by atoms with Crippen LogP contribution in [0.15, 0.2) is 11.8 Å². The van der Waals surface area contributed by atoms with Gasteiger partial charge in [-0.25, -0.2) is 4.79 Å². The van der Waals surface area contributed by atoms with Crippen LogP contribution in [-0.2, 0) is 9.53 Å². The van der Waals surface area contributed by atoms with Gasteiger partial charge in [-0.05, 0) is 6.92 Å². The lowest BCUT2D eigenvalue weighted by Gasteiger charge is -1.97. The zero-order valence-electron chi connectivity index (χ0n) is 5.53. The summed E-state index contributed by atoms with van der Waals surface area (Å²) in [5, 5.41) is 9.43. The van der Waals surface area contributed by atoms with Gasteiger partial charge in [0.05, 0.1) is 12.9 Å². The Balaban J connectivity index is 4.04. The van der Waals surface area contributed by atoms with E-state index in [1.165, 1.54) is 0 Å². The van der Waals surface area contributed by atoms with Gasteiger partial charge < -0.3 is 9.84 Å². The average Bonchev–Trinajstić information content (AvgIpc) is 1.91. The van der Waals surface area contributed by atoms with Crippen molar-refractivity contribution in [3.05, 3.63) is 11.8 Å². The minimum absolute atomic E-state index is 0.00292. The van der Waals surface area contributed by atoms with Crippen molar-refractivity contribution in [1.82, 2.24) is 0 Å². The normalized spacial score (nSPS) is 10.7. The Kier molecular flexibility index (Phi) is 4.49. The molecule has 4 heteroatoms. The van der Waals surface area contributed by atoms with E-state index in [2.05, 4.69) is 17.0 Å². The molecule has 0 fully saturated rings. The number of rotatable bonds is 3. The number of carbonyl (C=O) groups is 1. The maximum absolute atomic E-state index is 10.7. The molecule has 10 heavy (non-hydrogen) atoms. The lowest BCUT2D eigenvalue weighted by molar-refractivity contribution is -0.137. The molecular weight excluding hydrogens is 152 g/mol. The molecule has 0 aliphatic carbocycles. The first-order chi connectivity index (χ1) is 4.76. The molecule has 0 aromatic carbocycles. The lowest BCUT2D eigenvalue weighted by Crippen LogP contribution is -2.07. The van der Waals surface area contributed by atoms with E-state index in [4.69, 9.17) is 5.11 Å². The van der Waals surface area contributed by atoms with Crippen molar-refractivity contribution in [3.8, 4) is 0 Å². The van der Waals surface area contributed by atoms with Crippen molar-refractivity contribution in [2.45, 2.75) is 6.92 Å². The monoisotopic (exact) mass is 160 g/mol. The van der Waals surface area contributed by atoms with Crippen LogP contribution in [0.1, 0.15) is 6.92 Å². The van der Waals surface area contributed by atoms with Crippen molar-refractivity contribution in [2.24, 2.45) is 0 Å². The molecule has 0 rings (SSSR count). The fourth-order valence-electron chi connectivity index (χ4n) is 0.346. The second kappa shape index (κ2) is 4.93. The summed E-state index contributed by atoms with van der Waals surface area (Å²) in [6, 6.07) is 0. The summed E-state index contributed by atoms with van der Waals surface area (Å²) < 4.78 is 4.52. The van der Waals surface area contributed by atoms with Crippen molar-refractivity contribution in [1.29, 1.82) is 0 Å². The highest BCUT2D eigenvalue weighted by atomic mass is 32.1. The maximum atomic E-state index is 10.7. The van der Waals surface area contributed by atoms with Gasteiger partial charge in [0.2, 0.25) is 0 Å². The quantitative estimate of drug-likeness (QED) is 0.289. The molecule has 0 spiro atoms. The molecule has 1 N–H and O–H groups in total. The van der Waals surface area contributed by atoms with E-state index >= 15 is 0 Å². The molecule has 0 aliphatic rings. The Bertz CT molecular complexity index is 162. The molecule has 0 radical (unpaired) electrons. The standard InChI is InChI=1S/C6H8O3S/c1-2-9-6(8)5(3-7)4-10/h3-4,7H,2H2,1H3. The van der Waals surface area contributed by atoms with Crippen LogP contribution in [0.2, 0.25) is 0 Å². The van der Waals surface area contributed by atoms with Gasteiger partial charge in [0, 0.05) is 5.37 Å². The van der Waals surface area contributed by atoms with Crippen molar-refractivity contribution in [3.63, 3.8) is 0 Å². The number of hydrogen-bond donors (Lipinski definition) is 1. The summed E-state index contributed by atoms with van der Waals surface area (Å²) in [6.07, 6.45) is 0.630. The Hall–Kier alpha value is -0.900. The first kappa shape index (κ1) is 9.10. The molecule has 0 aliphatic heterocycles. The van der Waals surface area contributed by atoms with Gasteiger partial charge in [0.25, 0.3) is 0 Å². The Morgan fingerprint density at radius 1 is 1.80 bits per heavy atom. The van der Waals surface area contributed by atoms with Crippen LogP contribution in [0.25, 0.3) is 0 Å². The van der Waals surface area contributed by atoms with Gasteiger partial charge in [-0.1, -0.05) is 12.2 Å². The number of ether oxygens (including phenoxy) is 1. The molecule has 0 atom stereocenters. The zero-order valence-corrected chi connectivity index (χ0v) is 6.35. The molecule has 0 heterocycles. The molecule has 0 amide bonds. The molecule has 0 bridgehead atoms. The second-order valence-electron chi connectivity index (χ2n) is 1.42. The van der Waals surface area contributed by atoms with Crippen LogP contribution < -0.4 is 0 Å². The third-order valence-corrected chi connectivity index (χ3v) is 1.03. The minimum atomic E-state index is -0.597. The van der Waals surface area contributed by atoms with Crippen molar-refractivity contribution >= 4 is 23.6 Å². The molecule has 0 aromatic heterocycles. The highest BCUT2D eigenvalue weighted by molar-refractivity contribution is 7.79. The molecule has 0 aromatic rings. The predicted octanol–water partition coefficient (Wildman–Crippen LogP) is 0.991. The topological polar surface area (TPSA) is 46.5 Å². The van der Waals surface area contributed by atoms with E-state index in [1.54, 1.807) is 6.92 Å². The third kappa shape index (κ3) is 2.59. The van der Waals surface area contributed by atoms with Gasteiger partial charge in [-0.3, -0.25) is 0 Å². The van der Waals surface area contributed by atoms with E-state index in [0.29, 0.717) is 6.26 Å². The Morgan fingerprint density at radius 2 is 2.40 bits per heavy atom.